The van der Waals surface area contributed by atoms with Gasteiger partial charge in [0.25, 0.3) is 0 Å². The van der Waals surface area contributed by atoms with Gasteiger partial charge in [-0.1, -0.05) is 66.2 Å². The van der Waals surface area contributed by atoms with E-state index in [1.807, 2.05) is 0 Å². The Hall–Kier alpha value is -0.210. The maximum absolute atomic E-state index is 12.8. The van der Waals surface area contributed by atoms with E-state index in [0.29, 0.717) is 6.42 Å². The Morgan fingerprint density at radius 2 is 1.29 bits per heavy atom. The Balaban J connectivity index is 3.95. The highest BCUT2D eigenvalue weighted by Gasteiger charge is 2.45. The standard InChI is InChI=1S/C14H27F3/c1-5-6-7-8-9-10-11-12(13(2,3)4)14(15,16)17/h12H,5-11H2,1-4H3. The lowest BCUT2D eigenvalue weighted by Gasteiger charge is -2.32. The van der Waals surface area contributed by atoms with E-state index < -0.39 is 17.5 Å². The van der Waals surface area contributed by atoms with Crippen molar-refractivity contribution < 1.29 is 13.2 Å². The van der Waals surface area contributed by atoms with Crippen LogP contribution in [-0.2, 0) is 0 Å². The molecule has 0 aliphatic heterocycles. The van der Waals surface area contributed by atoms with Gasteiger partial charge in [0, 0.05) is 0 Å². The fraction of sp³-hybridized carbons (Fsp3) is 1.00. The Morgan fingerprint density at radius 1 is 0.824 bits per heavy atom. The Kier molecular flexibility index (Phi) is 7.18. The zero-order valence-corrected chi connectivity index (χ0v) is 11.7. The van der Waals surface area contributed by atoms with Crippen LogP contribution in [-0.4, -0.2) is 6.18 Å². The first-order valence-corrected chi connectivity index (χ1v) is 6.76. The molecular formula is C14H27F3. The van der Waals surface area contributed by atoms with Gasteiger partial charge in [0.1, 0.15) is 0 Å². The van der Waals surface area contributed by atoms with Gasteiger partial charge in [-0.05, 0) is 11.8 Å². The quantitative estimate of drug-likeness (QED) is 0.490. The molecule has 3 heteroatoms. The van der Waals surface area contributed by atoms with Gasteiger partial charge in [-0.2, -0.15) is 13.2 Å². The monoisotopic (exact) mass is 252 g/mol. The minimum atomic E-state index is -4.05. The maximum atomic E-state index is 12.8. The van der Waals surface area contributed by atoms with Crippen LogP contribution in [0.5, 0.6) is 0 Å². The van der Waals surface area contributed by atoms with E-state index in [0.717, 1.165) is 19.3 Å². The summed E-state index contributed by atoms with van der Waals surface area (Å²) in [7, 11) is 0. The van der Waals surface area contributed by atoms with Crippen LogP contribution in [0.4, 0.5) is 13.2 Å². The average Bonchev–Trinajstić information content (AvgIpc) is 2.12. The van der Waals surface area contributed by atoms with Crippen molar-refractivity contribution in [3.8, 4) is 0 Å². The van der Waals surface area contributed by atoms with E-state index in [-0.39, 0.29) is 6.42 Å². The molecule has 0 rings (SSSR count). The van der Waals surface area contributed by atoms with Crippen LogP contribution in [0.2, 0.25) is 0 Å². The molecule has 0 radical (unpaired) electrons. The number of halogens is 3. The average molecular weight is 252 g/mol. The lowest BCUT2D eigenvalue weighted by atomic mass is 9.77. The fourth-order valence-electron chi connectivity index (χ4n) is 2.22. The van der Waals surface area contributed by atoms with Gasteiger partial charge in [0.2, 0.25) is 0 Å². The van der Waals surface area contributed by atoms with Crippen LogP contribution in [0.25, 0.3) is 0 Å². The Labute approximate surface area is 104 Å². The van der Waals surface area contributed by atoms with Crippen molar-refractivity contribution in [2.45, 2.75) is 78.8 Å². The van der Waals surface area contributed by atoms with Crippen LogP contribution in [0.3, 0.4) is 0 Å². The molecule has 0 fully saturated rings. The number of hydrogen-bond donors (Lipinski definition) is 0. The predicted molar refractivity (Wildman–Crippen MR) is 67.0 cm³/mol. The van der Waals surface area contributed by atoms with Gasteiger partial charge < -0.3 is 0 Å². The number of unbranched alkanes of at least 4 members (excludes halogenated alkanes) is 5. The smallest absolute Gasteiger partial charge is 0.171 e. The molecule has 0 bridgehead atoms. The van der Waals surface area contributed by atoms with Crippen LogP contribution in [0.1, 0.15) is 72.6 Å². The second kappa shape index (κ2) is 7.27. The summed E-state index contributed by atoms with van der Waals surface area (Å²) < 4.78 is 38.5. The van der Waals surface area contributed by atoms with Gasteiger partial charge in [-0.15, -0.1) is 0 Å². The van der Waals surface area contributed by atoms with E-state index in [1.165, 1.54) is 12.8 Å². The highest BCUT2D eigenvalue weighted by molar-refractivity contribution is 4.79. The van der Waals surface area contributed by atoms with Crippen molar-refractivity contribution in [2.75, 3.05) is 0 Å². The van der Waals surface area contributed by atoms with Gasteiger partial charge in [-0.25, -0.2) is 0 Å². The first kappa shape index (κ1) is 16.8. The third kappa shape index (κ3) is 7.67. The molecule has 104 valence electrons. The van der Waals surface area contributed by atoms with E-state index >= 15 is 0 Å². The summed E-state index contributed by atoms with van der Waals surface area (Å²) in [5, 5.41) is 0. The molecule has 0 nitrogen and oxygen atoms in total. The molecule has 17 heavy (non-hydrogen) atoms. The maximum Gasteiger partial charge on any atom is 0.392 e. The summed E-state index contributed by atoms with van der Waals surface area (Å²) in [5.41, 5.74) is -0.679. The molecule has 1 unspecified atom stereocenters. The number of alkyl halides is 3. The Bertz CT molecular complexity index is 175. The zero-order valence-electron chi connectivity index (χ0n) is 11.7. The Morgan fingerprint density at radius 3 is 1.71 bits per heavy atom. The molecule has 0 aliphatic carbocycles. The van der Waals surface area contributed by atoms with Gasteiger partial charge >= 0.3 is 6.18 Å². The van der Waals surface area contributed by atoms with Crippen molar-refractivity contribution >= 4 is 0 Å². The summed E-state index contributed by atoms with van der Waals surface area (Å²) >= 11 is 0. The van der Waals surface area contributed by atoms with Crippen molar-refractivity contribution in [1.82, 2.24) is 0 Å². The lowest BCUT2D eigenvalue weighted by Crippen LogP contribution is -2.34. The third-order valence-corrected chi connectivity index (χ3v) is 3.29. The minimum Gasteiger partial charge on any atom is -0.171 e. The van der Waals surface area contributed by atoms with Gasteiger partial charge in [0.15, 0.2) is 0 Å². The second-order valence-electron chi connectivity index (χ2n) is 6.02. The largest absolute Gasteiger partial charge is 0.392 e. The molecular weight excluding hydrogens is 225 g/mol. The zero-order chi connectivity index (χ0) is 13.5. The van der Waals surface area contributed by atoms with E-state index in [9.17, 15) is 13.2 Å². The normalized spacial score (nSPS) is 15.0. The molecule has 0 aromatic carbocycles. The van der Waals surface area contributed by atoms with Crippen molar-refractivity contribution in [2.24, 2.45) is 11.3 Å². The molecule has 0 aromatic heterocycles. The SMILES string of the molecule is CCCCCCCCC(C(C)(C)C)C(F)(F)F. The highest BCUT2D eigenvalue weighted by Crippen LogP contribution is 2.42. The topological polar surface area (TPSA) is 0 Å². The fourth-order valence-corrected chi connectivity index (χ4v) is 2.22. The van der Waals surface area contributed by atoms with Crippen LogP contribution in [0, 0.1) is 11.3 Å². The van der Waals surface area contributed by atoms with Gasteiger partial charge in [-0.3, -0.25) is 0 Å². The molecule has 0 heterocycles. The van der Waals surface area contributed by atoms with Crippen molar-refractivity contribution in [3.05, 3.63) is 0 Å². The molecule has 0 saturated carbocycles. The molecule has 0 spiro atoms. The van der Waals surface area contributed by atoms with Crippen LogP contribution in [0.15, 0.2) is 0 Å². The minimum absolute atomic E-state index is 0.277. The molecule has 1 atom stereocenters. The highest BCUT2D eigenvalue weighted by atomic mass is 19.4. The third-order valence-electron chi connectivity index (χ3n) is 3.29. The van der Waals surface area contributed by atoms with E-state index in [2.05, 4.69) is 6.92 Å². The first-order valence-electron chi connectivity index (χ1n) is 6.76. The lowest BCUT2D eigenvalue weighted by molar-refractivity contribution is -0.202. The summed E-state index contributed by atoms with van der Waals surface area (Å²) in [5.74, 6) is -1.17. The molecule has 0 aromatic rings. The number of rotatable bonds is 7. The number of hydrogen-bond acceptors (Lipinski definition) is 0. The van der Waals surface area contributed by atoms with Crippen molar-refractivity contribution in [3.63, 3.8) is 0 Å². The summed E-state index contributed by atoms with van der Waals surface area (Å²) in [6, 6.07) is 0. The van der Waals surface area contributed by atoms with Crippen LogP contribution >= 0.6 is 0 Å². The predicted octanol–water partition coefficient (Wildman–Crippen LogP) is 5.96. The van der Waals surface area contributed by atoms with E-state index in [1.54, 1.807) is 20.8 Å². The van der Waals surface area contributed by atoms with E-state index in [4.69, 9.17) is 0 Å². The van der Waals surface area contributed by atoms with Gasteiger partial charge in [0.05, 0.1) is 5.92 Å². The summed E-state index contributed by atoms with van der Waals surface area (Å²) in [4.78, 5) is 0. The first-order chi connectivity index (χ1) is 7.69. The summed E-state index contributed by atoms with van der Waals surface area (Å²) in [6.45, 7) is 7.19. The molecule has 0 amide bonds. The second-order valence-corrected chi connectivity index (χ2v) is 6.02. The molecule has 0 saturated heterocycles. The van der Waals surface area contributed by atoms with Crippen molar-refractivity contribution in [1.29, 1.82) is 0 Å². The summed E-state index contributed by atoms with van der Waals surface area (Å²) in [6.07, 6.45) is 2.45. The van der Waals surface area contributed by atoms with Crippen LogP contribution < -0.4 is 0 Å². The molecule has 0 N–H and O–H groups in total. The molecule has 0 aliphatic rings.